The van der Waals surface area contributed by atoms with E-state index in [1.807, 2.05) is 62.4 Å². The lowest BCUT2D eigenvalue weighted by Crippen LogP contribution is -2.27. The minimum Gasteiger partial charge on any atom is -0.339 e. The smallest absolute Gasteiger partial charge is 0.227 e. The third-order valence-electron chi connectivity index (χ3n) is 4.76. The highest BCUT2D eigenvalue weighted by Crippen LogP contribution is 2.17. The van der Waals surface area contributed by atoms with Crippen LogP contribution >= 0.6 is 0 Å². The Morgan fingerprint density at radius 2 is 1.90 bits per heavy atom. The zero-order valence-electron chi connectivity index (χ0n) is 17.5. The molecular weight excluding hydrogens is 380 g/mol. The molecule has 0 aliphatic carbocycles. The summed E-state index contributed by atoms with van der Waals surface area (Å²) in [7, 11) is 0. The maximum Gasteiger partial charge on any atom is 0.227 e. The molecule has 0 bridgehead atoms. The molecule has 1 heterocycles. The summed E-state index contributed by atoms with van der Waals surface area (Å²) >= 11 is 0. The van der Waals surface area contributed by atoms with Crippen molar-refractivity contribution in [2.24, 2.45) is 0 Å². The number of hydrogen-bond donors (Lipinski definition) is 1. The average molecular weight is 406 g/mol. The maximum absolute atomic E-state index is 12.3. The normalized spacial score (nSPS) is 10.6. The Kier molecular flexibility index (Phi) is 6.95. The lowest BCUT2D eigenvalue weighted by Gasteiger charge is -2.19. The fraction of sp³-hybridized carbons (Fsp3) is 0.304. The number of aromatic nitrogens is 2. The summed E-state index contributed by atoms with van der Waals surface area (Å²) in [6, 6.07) is 15.4. The summed E-state index contributed by atoms with van der Waals surface area (Å²) in [6.45, 7) is 6.66. The van der Waals surface area contributed by atoms with Crippen LogP contribution in [0.2, 0.25) is 0 Å². The molecule has 3 rings (SSSR count). The van der Waals surface area contributed by atoms with E-state index < -0.39 is 0 Å². The molecule has 2 aromatic carbocycles. The summed E-state index contributed by atoms with van der Waals surface area (Å²) < 4.78 is 5.27. The molecule has 0 saturated heterocycles. The van der Waals surface area contributed by atoms with Gasteiger partial charge in [-0.25, -0.2) is 0 Å². The number of carbonyl (C=O) groups is 2. The van der Waals surface area contributed by atoms with Crippen LogP contribution < -0.4 is 5.32 Å². The van der Waals surface area contributed by atoms with Crippen LogP contribution in [0.1, 0.15) is 37.3 Å². The van der Waals surface area contributed by atoms with Crippen LogP contribution in [0, 0.1) is 6.92 Å². The fourth-order valence-electron chi connectivity index (χ4n) is 3.03. The summed E-state index contributed by atoms with van der Waals surface area (Å²) in [5.74, 6) is 0.830. The van der Waals surface area contributed by atoms with Crippen molar-refractivity contribution >= 4 is 17.5 Å². The SMILES string of the molecule is CCN(Cc1cccc(NC(=O)CCc2nc(-c3ccc(C)cc3)no2)c1)C(C)=O. The quantitative estimate of drug-likeness (QED) is 0.611. The third kappa shape index (κ3) is 5.76. The summed E-state index contributed by atoms with van der Waals surface area (Å²) in [6.07, 6.45) is 0.590. The van der Waals surface area contributed by atoms with E-state index in [0.717, 1.165) is 16.7 Å². The van der Waals surface area contributed by atoms with Crippen molar-refractivity contribution in [1.82, 2.24) is 15.0 Å². The molecule has 1 aromatic heterocycles. The zero-order valence-corrected chi connectivity index (χ0v) is 17.5. The second-order valence-corrected chi connectivity index (χ2v) is 7.16. The molecule has 0 spiro atoms. The van der Waals surface area contributed by atoms with Gasteiger partial charge in [-0.2, -0.15) is 4.98 Å². The molecule has 30 heavy (non-hydrogen) atoms. The second-order valence-electron chi connectivity index (χ2n) is 7.16. The van der Waals surface area contributed by atoms with Crippen LogP contribution in [0.15, 0.2) is 53.1 Å². The molecule has 0 aliphatic rings. The van der Waals surface area contributed by atoms with Crippen LogP contribution in [-0.2, 0) is 22.6 Å². The average Bonchev–Trinajstić information content (AvgIpc) is 3.20. The topological polar surface area (TPSA) is 88.3 Å². The van der Waals surface area contributed by atoms with E-state index in [2.05, 4.69) is 15.5 Å². The monoisotopic (exact) mass is 406 g/mol. The molecule has 0 aliphatic heterocycles. The van der Waals surface area contributed by atoms with Crippen LogP contribution in [0.3, 0.4) is 0 Å². The van der Waals surface area contributed by atoms with Crippen molar-refractivity contribution in [3.63, 3.8) is 0 Å². The van der Waals surface area contributed by atoms with Crippen LogP contribution in [-0.4, -0.2) is 33.4 Å². The van der Waals surface area contributed by atoms with Gasteiger partial charge in [-0.15, -0.1) is 0 Å². The van der Waals surface area contributed by atoms with E-state index in [0.29, 0.717) is 36.9 Å². The lowest BCUT2D eigenvalue weighted by molar-refractivity contribution is -0.129. The number of anilines is 1. The molecule has 7 nitrogen and oxygen atoms in total. The molecule has 7 heteroatoms. The Labute approximate surface area is 176 Å². The van der Waals surface area contributed by atoms with Gasteiger partial charge in [-0.05, 0) is 31.5 Å². The highest BCUT2D eigenvalue weighted by Gasteiger charge is 2.12. The first-order chi connectivity index (χ1) is 14.4. The molecular formula is C23H26N4O3. The first kappa shape index (κ1) is 21.2. The van der Waals surface area contributed by atoms with Gasteiger partial charge < -0.3 is 14.7 Å². The van der Waals surface area contributed by atoms with Gasteiger partial charge in [0.2, 0.25) is 23.5 Å². The Balaban J connectivity index is 1.54. The van der Waals surface area contributed by atoms with Crippen molar-refractivity contribution in [3.05, 3.63) is 65.5 Å². The predicted octanol–water partition coefficient (Wildman–Crippen LogP) is 3.98. The van der Waals surface area contributed by atoms with Crippen LogP contribution in [0.5, 0.6) is 0 Å². The maximum atomic E-state index is 12.3. The van der Waals surface area contributed by atoms with Gasteiger partial charge in [0.15, 0.2) is 0 Å². The van der Waals surface area contributed by atoms with Gasteiger partial charge in [-0.3, -0.25) is 9.59 Å². The Morgan fingerprint density at radius 3 is 2.60 bits per heavy atom. The minimum absolute atomic E-state index is 0.0245. The zero-order chi connectivity index (χ0) is 21.5. The Bertz CT molecular complexity index is 1010. The Morgan fingerprint density at radius 1 is 1.13 bits per heavy atom. The van der Waals surface area contributed by atoms with Gasteiger partial charge in [0.05, 0.1) is 0 Å². The van der Waals surface area contributed by atoms with Gasteiger partial charge in [0, 0.05) is 44.1 Å². The van der Waals surface area contributed by atoms with Crippen molar-refractivity contribution in [1.29, 1.82) is 0 Å². The molecule has 0 fully saturated rings. The minimum atomic E-state index is -0.138. The van der Waals surface area contributed by atoms with Crippen LogP contribution in [0.25, 0.3) is 11.4 Å². The van der Waals surface area contributed by atoms with E-state index >= 15 is 0 Å². The highest BCUT2D eigenvalue weighted by atomic mass is 16.5. The highest BCUT2D eigenvalue weighted by molar-refractivity contribution is 5.90. The standard InChI is InChI=1S/C23H26N4O3/c1-4-27(17(3)28)15-18-6-5-7-20(14-18)24-21(29)12-13-22-25-23(26-30-22)19-10-8-16(2)9-11-19/h5-11,14H,4,12-13,15H2,1-3H3,(H,24,29). The van der Waals surface area contributed by atoms with E-state index in [1.54, 1.807) is 11.8 Å². The third-order valence-corrected chi connectivity index (χ3v) is 4.76. The molecule has 0 atom stereocenters. The van der Waals surface area contributed by atoms with Gasteiger partial charge in [0.1, 0.15) is 0 Å². The summed E-state index contributed by atoms with van der Waals surface area (Å²) in [5, 5.41) is 6.87. The van der Waals surface area contributed by atoms with E-state index in [9.17, 15) is 9.59 Å². The van der Waals surface area contributed by atoms with Crippen molar-refractivity contribution < 1.29 is 14.1 Å². The first-order valence-corrected chi connectivity index (χ1v) is 9.98. The lowest BCUT2D eigenvalue weighted by atomic mass is 10.1. The second kappa shape index (κ2) is 9.82. The fourth-order valence-corrected chi connectivity index (χ4v) is 3.03. The molecule has 0 unspecified atom stereocenters. The summed E-state index contributed by atoms with van der Waals surface area (Å²) in [5.41, 5.74) is 3.70. The summed E-state index contributed by atoms with van der Waals surface area (Å²) in [4.78, 5) is 30.0. The van der Waals surface area contributed by atoms with E-state index in [-0.39, 0.29) is 18.2 Å². The van der Waals surface area contributed by atoms with Gasteiger partial charge >= 0.3 is 0 Å². The molecule has 156 valence electrons. The van der Waals surface area contributed by atoms with Gasteiger partial charge in [0.25, 0.3) is 0 Å². The number of nitrogens with zero attached hydrogens (tertiary/aromatic N) is 3. The molecule has 0 radical (unpaired) electrons. The number of amides is 2. The van der Waals surface area contributed by atoms with Crippen molar-refractivity contribution in [3.8, 4) is 11.4 Å². The predicted molar refractivity (Wildman–Crippen MR) is 115 cm³/mol. The molecule has 0 saturated carbocycles. The molecule has 1 N–H and O–H groups in total. The Hall–Kier alpha value is -3.48. The van der Waals surface area contributed by atoms with E-state index in [4.69, 9.17) is 4.52 Å². The van der Waals surface area contributed by atoms with E-state index in [1.165, 1.54) is 0 Å². The van der Waals surface area contributed by atoms with Crippen molar-refractivity contribution in [2.75, 3.05) is 11.9 Å². The first-order valence-electron chi connectivity index (χ1n) is 9.98. The molecule has 3 aromatic rings. The van der Waals surface area contributed by atoms with Crippen molar-refractivity contribution in [2.45, 2.75) is 40.2 Å². The van der Waals surface area contributed by atoms with Crippen LogP contribution in [0.4, 0.5) is 5.69 Å². The number of hydrogen-bond acceptors (Lipinski definition) is 5. The number of carbonyl (C=O) groups excluding carboxylic acids is 2. The van der Waals surface area contributed by atoms with Gasteiger partial charge in [-0.1, -0.05) is 47.1 Å². The largest absolute Gasteiger partial charge is 0.339 e. The number of rotatable bonds is 8. The number of benzene rings is 2. The number of nitrogens with one attached hydrogen (secondary N) is 1. The number of aryl methyl sites for hydroxylation is 2. The molecule has 2 amide bonds.